The monoisotopic (exact) mass is 228 g/mol. The van der Waals surface area contributed by atoms with Crippen LogP contribution in [0.4, 0.5) is 11.5 Å². The Morgan fingerprint density at radius 1 is 1.29 bits per heavy atom. The molecule has 0 unspecified atom stereocenters. The molecule has 2 N–H and O–H groups in total. The summed E-state index contributed by atoms with van der Waals surface area (Å²) in [6, 6.07) is 7.79. The minimum Gasteiger partial charge on any atom is -0.396 e. The third-order valence-electron chi connectivity index (χ3n) is 2.52. The van der Waals surface area contributed by atoms with E-state index in [0.29, 0.717) is 12.2 Å². The van der Waals surface area contributed by atoms with Crippen molar-refractivity contribution in [3.63, 3.8) is 0 Å². The number of anilines is 2. The third kappa shape index (κ3) is 2.72. The van der Waals surface area contributed by atoms with Crippen molar-refractivity contribution in [2.75, 3.05) is 17.7 Å². The molecule has 0 atom stereocenters. The fourth-order valence-electron chi connectivity index (χ4n) is 1.71. The molecule has 17 heavy (non-hydrogen) atoms. The van der Waals surface area contributed by atoms with Gasteiger partial charge in [-0.25, -0.2) is 4.98 Å². The second-order valence-corrected chi connectivity index (χ2v) is 4.10. The zero-order chi connectivity index (χ0) is 12.3. The average molecular weight is 228 g/mol. The van der Waals surface area contributed by atoms with Crippen LogP contribution in [-0.4, -0.2) is 17.0 Å². The van der Waals surface area contributed by atoms with E-state index in [-0.39, 0.29) is 0 Å². The van der Waals surface area contributed by atoms with Crippen LogP contribution in [0, 0.1) is 6.92 Å². The maximum absolute atomic E-state index is 5.95. The van der Waals surface area contributed by atoms with Crippen molar-refractivity contribution in [2.24, 2.45) is 0 Å². The Hall–Kier alpha value is -2.10. The van der Waals surface area contributed by atoms with Gasteiger partial charge in [0.1, 0.15) is 0 Å². The maximum Gasteiger partial charge on any atom is 0.151 e. The molecule has 0 aromatic carbocycles. The van der Waals surface area contributed by atoms with Gasteiger partial charge in [-0.05, 0) is 30.7 Å². The summed E-state index contributed by atoms with van der Waals surface area (Å²) in [4.78, 5) is 10.6. The van der Waals surface area contributed by atoms with Gasteiger partial charge in [-0.3, -0.25) is 4.98 Å². The lowest BCUT2D eigenvalue weighted by Crippen LogP contribution is -2.19. The first kappa shape index (κ1) is 11.4. The van der Waals surface area contributed by atoms with Crippen molar-refractivity contribution >= 4 is 11.5 Å². The predicted molar refractivity (Wildman–Crippen MR) is 69.7 cm³/mol. The van der Waals surface area contributed by atoms with E-state index < -0.39 is 0 Å². The summed E-state index contributed by atoms with van der Waals surface area (Å²) in [5.74, 6) is 0.793. The molecule has 0 amide bonds. The van der Waals surface area contributed by atoms with Crippen LogP contribution >= 0.6 is 0 Å². The fraction of sp³-hybridized carbons (Fsp3) is 0.231. The Kier molecular flexibility index (Phi) is 3.23. The molecule has 0 saturated heterocycles. The Bertz CT molecular complexity index is 496. The van der Waals surface area contributed by atoms with Gasteiger partial charge in [0.05, 0.1) is 17.9 Å². The minimum atomic E-state index is 0.696. The van der Waals surface area contributed by atoms with Gasteiger partial charge in [0.15, 0.2) is 5.82 Å². The summed E-state index contributed by atoms with van der Waals surface area (Å²) in [5.41, 5.74) is 8.71. The van der Waals surface area contributed by atoms with Gasteiger partial charge < -0.3 is 10.6 Å². The Labute approximate surface area is 101 Å². The molecule has 88 valence electrons. The molecule has 2 aromatic heterocycles. The highest BCUT2D eigenvalue weighted by Gasteiger charge is 2.07. The molecule has 4 heteroatoms. The van der Waals surface area contributed by atoms with Crippen LogP contribution in [0.15, 0.2) is 36.7 Å². The standard InChI is InChI=1S/C13H16N4/c1-10-7-12(14)13(16-8-10)17(2)9-11-5-3-4-6-15-11/h3-8H,9,14H2,1-2H3. The van der Waals surface area contributed by atoms with Crippen molar-refractivity contribution in [3.05, 3.63) is 47.9 Å². The van der Waals surface area contributed by atoms with E-state index in [1.807, 2.05) is 49.3 Å². The van der Waals surface area contributed by atoms with Gasteiger partial charge >= 0.3 is 0 Å². The molecular formula is C13H16N4. The van der Waals surface area contributed by atoms with Crippen molar-refractivity contribution in [2.45, 2.75) is 13.5 Å². The van der Waals surface area contributed by atoms with E-state index in [9.17, 15) is 0 Å². The van der Waals surface area contributed by atoms with E-state index in [0.717, 1.165) is 17.1 Å². The highest BCUT2D eigenvalue weighted by atomic mass is 15.2. The average Bonchev–Trinajstić information content (AvgIpc) is 2.30. The van der Waals surface area contributed by atoms with Crippen LogP contribution in [0.2, 0.25) is 0 Å². The topological polar surface area (TPSA) is 55.0 Å². The van der Waals surface area contributed by atoms with Crippen LogP contribution in [0.3, 0.4) is 0 Å². The molecule has 2 aromatic rings. The van der Waals surface area contributed by atoms with Gasteiger partial charge in [0.25, 0.3) is 0 Å². The number of nitrogen functional groups attached to an aromatic ring is 1. The molecule has 0 aliphatic rings. The van der Waals surface area contributed by atoms with Crippen LogP contribution < -0.4 is 10.6 Å². The molecule has 2 rings (SSSR count). The van der Waals surface area contributed by atoms with Gasteiger partial charge in [0, 0.05) is 19.4 Å². The van der Waals surface area contributed by atoms with Crippen LogP contribution in [0.25, 0.3) is 0 Å². The Balaban J connectivity index is 2.17. The van der Waals surface area contributed by atoms with E-state index in [4.69, 9.17) is 5.73 Å². The Morgan fingerprint density at radius 2 is 2.12 bits per heavy atom. The lowest BCUT2D eigenvalue weighted by atomic mass is 10.2. The molecule has 0 radical (unpaired) electrons. The first-order valence-corrected chi connectivity index (χ1v) is 5.50. The molecule has 0 saturated carbocycles. The Morgan fingerprint density at radius 3 is 2.76 bits per heavy atom. The third-order valence-corrected chi connectivity index (χ3v) is 2.52. The number of nitrogens with zero attached hydrogens (tertiary/aromatic N) is 3. The predicted octanol–water partition coefficient (Wildman–Crippen LogP) is 2.00. The highest BCUT2D eigenvalue weighted by Crippen LogP contribution is 2.20. The lowest BCUT2D eigenvalue weighted by molar-refractivity contribution is 0.867. The molecule has 0 aliphatic carbocycles. The van der Waals surface area contributed by atoms with Crippen LogP contribution in [-0.2, 0) is 6.54 Å². The number of pyridine rings is 2. The number of aromatic nitrogens is 2. The zero-order valence-electron chi connectivity index (χ0n) is 10.1. The minimum absolute atomic E-state index is 0.696. The molecule has 0 spiro atoms. The lowest BCUT2D eigenvalue weighted by Gasteiger charge is -2.19. The molecule has 2 heterocycles. The smallest absolute Gasteiger partial charge is 0.151 e. The van der Waals surface area contributed by atoms with E-state index in [1.165, 1.54) is 0 Å². The first-order valence-electron chi connectivity index (χ1n) is 5.50. The maximum atomic E-state index is 5.95. The van der Waals surface area contributed by atoms with Crippen LogP contribution in [0.1, 0.15) is 11.3 Å². The highest BCUT2D eigenvalue weighted by molar-refractivity contribution is 5.62. The number of hydrogen-bond donors (Lipinski definition) is 1. The number of nitrogens with two attached hydrogens (primary N) is 1. The van der Waals surface area contributed by atoms with E-state index in [1.54, 1.807) is 6.20 Å². The summed E-state index contributed by atoms with van der Waals surface area (Å²) in [7, 11) is 1.96. The molecule has 0 aliphatic heterocycles. The zero-order valence-corrected chi connectivity index (χ0v) is 10.1. The number of aryl methyl sites for hydroxylation is 1. The van der Waals surface area contributed by atoms with Gasteiger partial charge in [-0.1, -0.05) is 6.07 Å². The van der Waals surface area contributed by atoms with Gasteiger partial charge in [-0.15, -0.1) is 0 Å². The normalized spacial score (nSPS) is 10.2. The fourth-order valence-corrected chi connectivity index (χ4v) is 1.71. The van der Waals surface area contributed by atoms with Crippen molar-refractivity contribution in [3.8, 4) is 0 Å². The quantitative estimate of drug-likeness (QED) is 0.873. The van der Waals surface area contributed by atoms with Crippen LogP contribution in [0.5, 0.6) is 0 Å². The summed E-state index contributed by atoms with van der Waals surface area (Å²) >= 11 is 0. The molecule has 0 bridgehead atoms. The van der Waals surface area contributed by atoms with Gasteiger partial charge in [-0.2, -0.15) is 0 Å². The second kappa shape index (κ2) is 4.82. The van der Waals surface area contributed by atoms with E-state index in [2.05, 4.69) is 9.97 Å². The summed E-state index contributed by atoms with van der Waals surface area (Å²) < 4.78 is 0. The first-order chi connectivity index (χ1) is 8.16. The van der Waals surface area contributed by atoms with Crippen molar-refractivity contribution < 1.29 is 0 Å². The van der Waals surface area contributed by atoms with Crippen molar-refractivity contribution in [1.82, 2.24) is 9.97 Å². The second-order valence-electron chi connectivity index (χ2n) is 4.10. The molecule has 4 nitrogen and oxygen atoms in total. The molecular weight excluding hydrogens is 212 g/mol. The number of rotatable bonds is 3. The summed E-state index contributed by atoms with van der Waals surface area (Å²) in [5, 5.41) is 0. The molecule has 0 fully saturated rings. The summed E-state index contributed by atoms with van der Waals surface area (Å²) in [6.45, 7) is 2.67. The van der Waals surface area contributed by atoms with Crippen molar-refractivity contribution in [1.29, 1.82) is 0 Å². The summed E-state index contributed by atoms with van der Waals surface area (Å²) in [6.07, 6.45) is 3.61. The SMILES string of the molecule is Cc1cnc(N(C)Cc2ccccn2)c(N)c1. The largest absolute Gasteiger partial charge is 0.396 e. The van der Waals surface area contributed by atoms with Gasteiger partial charge in [0.2, 0.25) is 0 Å². The van der Waals surface area contributed by atoms with E-state index >= 15 is 0 Å². The number of hydrogen-bond acceptors (Lipinski definition) is 4.